The normalized spacial score (nSPS) is 21.4. The van der Waals surface area contributed by atoms with Gasteiger partial charge in [-0.2, -0.15) is 5.10 Å². The van der Waals surface area contributed by atoms with Gasteiger partial charge in [-0.3, -0.25) is 15.2 Å². The number of anilines is 1. The Balaban J connectivity index is 0.00000272. The summed E-state index contributed by atoms with van der Waals surface area (Å²) in [6, 6.07) is 12.7. The van der Waals surface area contributed by atoms with Crippen LogP contribution in [0.5, 0.6) is 0 Å². The molecule has 0 radical (unpaired) electrons. The molecule has 0 aliphatic carbocycles. The lowest BCUT2D eigenvalue weighted by atomic mass is 9.91. The fourth-order valence-electron chi connectivity index (χ4n) is 4.05. The van der Waals surface area contributed by atoms with Crippen LogP contribution in [0.15, 0.2) is 47.6 Å². The molecule has 2 unspecified atom stereocenters. The number of piperidine rings is 1. The number of rotatable bonds is 4. The Morgan fingerprint density at radius 2 is 1.65 bits per heavy atom. The second-order valence-electron chi connectivity index (χ2n) is 7.70. The first-order valence-corrected chi connectivity index (χ1v) is 11.2. The summed E-state index contributed by atoms with van der Waals surface area (Å²) >= 11 is 18.7. The summed E-state index contributed by atoms with van der Waals surface area (Å²) in [6.45, 7) is 3.74. The fraction of sp³-hybridized carbons (Fsp3) is 0.364. The Morgan fingerprint density at radius 1 is 1.00 bits per heavy atom. The summed E-state index contributed by atoms with van der Waals surface area (Å²) in [5, 5.41) is 10.2. The van der Waals surface area contributed by atoms with Crippen molar-refractivity contribution >= 4 is 64.5 Å². The maximum atomic E-state index is 13.1. The summed E-state index contributed by atoms with van der Waals surface area (Å²) in [6.07, 6.45) is 3.37. The number of hydrazone groups is 1. The molecule has 2 atom stereocenters. The monoisotopic (exact) mass is 500 g/mol. The molecule has 166 valence electrons. The van der Waals surface area contributed by atoms with Gasteiger partial charge in [0, 0.05) is 29.1 Å². The third-order valence-corrected chi connectivity index (χ3v) is 6.39. The zero-order valence-corrected chi connectivity index (χ0v) is 20.1. The molecule has 31 heavy (non-hydrogen) atoms. The van der Waals surface area contributed by atoms with E-state index < -0.39 is 0 Å². The number of nitrogens with one attached hydrogen (secondary N) is 1. The number of carbonyl (C=O) groups excluding carboxylic acids is 1. The smallest absolute Gasteiger partial charge is 0.282 e. The summed E-state index contributed by atoms with van der Waals surface area (Å²) in [5.74, 6) is -0.321. The quantitative estimate of drug-likeness (QED) is 0.547. The molecule has 9 heteroatoms. The van der Waals surface area contributed by atoms with Crippen LogP contribution in [0.25, 0.3) is 0 Å². The number of hydrogen-bond acceptors (Lipinski definition) is 4. The summed E-state index contributed by atoms with van der Waals surface area (Å²) in [4.78, 5) is 13.1. The number of carbonyl (C=O) groups is 1. The molecular weight excluding hydrogens is 478 g/mol. The van der Waals surface area contributed by atoms with Gasteiger partial charge < -0.3 is 0 Å². The second kappa shape index (κ2) is 10.4. The third-order valence-electron chi connectivity index (χ3n) is 5.60. The Hall–Kier alpha value is -1.50. The molecule has 4 rings (SSSR count). The lowest BCUT2D eigenvalue weighted by molar-refractivity contribution is -0.120. The van der Waals surface area contributed by atoms with Gasteiger partial charge in [0.1, 0.15) is 5.71 Å². The van der Waals surface area contributed by atoms with Crippen LogP contribution in [0.1, 0.15) is 37.8 Å². The third kappa shape index (κ3) is 5.29. The highest BCUT2D eigenvalue weighted by molar-refractivity contribution is 6.41. The van der Waals surface area contributed by atoms with E-state index in [1.165, 1.54) is 6.42 Å². The first-order chi connectivity index (χ1) is 14.4. The maximum absolute atomic E-state index is 13.1. The molecule has 2 heterocycles. The Labute approximate surface area is 203 Å². The average molecular weight is 502 g/mol. The van der Waals surface area contributed by atoms with Crippen molar-refractivity contribution in [3.8, 4) is 0 Å². The molecule has 1 N–H and O–H groups in total. The predicted octanol–water partition coefficient (Wildman–Crippen LogP) is 6.14. The van der Waals surface area contributed by atoms with Crippen LogP contribution < -0.4 is 10.4 Å². The van der Waals surface area contributed by atoms with Gasteiger partial charge in [-0.05, 0) is 48.7 Å². The molecule has 0 saturated carbocycles. The Kier molecular flexibility index (Phi) is 8.11. The maximum Gasteiger partial charge on any atom is 0.282 e. The molecule has 0 spiro atoms. The molecule has 1 saturated heterocycles. The van der Waals surface area contributed by atoms with Crippen LogP contribution in [0.2, 0.25) is 15.1 Å². The summed E-state index contributed by atoms with van der Waals surface area (Å²) in [7, 11) is 0. The van der Waals surface area contributed by atoms with Crippen LogP contribution >= 0.6 is 47.2 Å². The number of amides is 1. The van der Waals surface area contributed by atoms with Crippen LogP contribution in [-0.4, -0.2) is 29.7 Å². The lowest BCUT2D eigenvalue weighted by Gasteiger charge is -2.28. The first kappa shape index (κ1) is 24.1. The Bertz CT molecular complexity index is 960. The Morgan fingerprint density at radius 3 is 2.29 bits per heavy atom. The van der Waals surface area contributed by atoms with Gasteiger partial charge in [0.25, 0.3) is 5.91 Å². The van der Waals surface area contributed by atoms with E-state index in [1.807, 2.05) is 47.3 Å². The molecular formula is C22H24Cl4N4O. The molecule has 1 amide bonds. The number of nitrogens with zero attached hydrogens (tertiary/aromatic N) is 3. The highest BCUT2D eigenvalue weighted by atomic mass is 35.5. The van der Waals surface area contributed by atoms with E-state index in [2.05, 4.69) is 5.43 Å². The van der Waals surface area contributed by atoms with Gasteiger partial charge >= 0.3 is 0 Å². The van der Waals surface area contributed by atoms with E-state index in [9.17, 15) is 4.79 Å². The van der Waals surface area contributed by atoms with Gasteiger partial charge in [-0.15, -0.1) is 12.4 Å². The second-order valence-corrected chi connectivity index (χ2v) is 8.98. The van der Waals surface area contributed by atoms with Crippen molar-refractivity contribution in [2.24, 2.45) is 11.0 Å². The van der Waals surface area contributed by atoms with Gasteiger partial charge in [-0.1, -0.05) is 60.3 Å². The zero-order valence-electron chi connectivity index (χ0n) is 17.0. The van der Waals surface area contributed by atoms with Crippen molar-refractivity contribution in [1.82, 2.24) is 10.4 Å². The van der Waals surface area contributed by atoms with E-state index in [0.29, 0.717) is 26.5 Å². The van der Waals surface area contributed by atoms with Crippen molar-refractivity contribution in [3.63, 3.8) is 0 Å². The number of benzene rings is 2. The van der Waals surface area contributed by atoms with Gasteiger partial charge in [-0.25, -0.2) is 5.01 Å². The predicted molar refractivity (Wildman–Crippen MR) is 131 cm³/mol. The van der Waals surface area contributed by atoms with Crippen LogP contribution in [0.3, 0.4) is 0 Å². The minimum atomic E-state index is -0.192. The molecule has 2 aliphatic rings. The fourth-order valence-corrected chi connectivity index (χ4v) is 4.67. The van der Waals surface area contributed by atoms with Crippen molar-refractivity contribution in [3.05, 3.63) is 63.1 Å². The zero-order chi connectivity index (χ0) is 21.3. The van der Waals surface area contributed by atoms with Crippen LogP contribution in [-0.2, 0) is 4.79 Å². The van der Waals surface area contributed by atoms with Crippen molar-refractivity contribution in [2.75, 3.05) is 18.1 Å². The highest BCUT2D eigenvalue weighted by Gasteiger charge is 2.40. The van der Waals surface area contributed by atoms with Gasteiger partial charge in [0.2, 0.25) is 0 Å². The summed E-state index contributed by atoms with van der Waals surface area (Å²) in [5.41, 5.74) is 5.21. The van der Waals surface area contributed by atoms with Crippen LogP contribution in [0, 0.1) is 5.92 Å². The van der Waals surface area contributed by atoms with Gasteiger partial charge in [0.15, 0.2) is 0 Å². The molecule has 2 aromatic carbocycles. The topological polar surface area (TPSA) is 47.9 Å². The molecule has 2 aliphatic heterocycles. The van der Waals surface area contributed by atoms with E-state index in [4.69, 9.17) is 39.9 Å². The number of halogens is 4. The van der Waals surface area contributed by atoms with Crippen molar-refractivity contribution in [2.45, 2.75) is 32.2 Å². The van der Waals surface area contributed by atoms with Crippen molar-refractivity contribution in [1.29, 1.82) is 0 Å². The van der Waals surface area contributed by atoms with Gasteiger partial charge in [0.05, 0.1) is 16.8 Å². The SMILES string of the molecule is CC1C(C(=O)NN2CCCCC2)=NN(c2ccc(Cl)cc2Cl)C1c1ccc(Cl)cc1.Cl. The van der Waals surface area contributed by atoms with E-state index in [-0.39, 0.29) is 30.3 Å². The lowest BCUT2D eigenvalue weighted by Crippen LogP contribution is -2.48. The molecule has 1 fully saturated rings. The van der Waals surface area contributed by atoms with E-state index >= 15 is 0 Å². The minimum Gasteiger partial charge on any atom is -0.284 e. The van der Waals surface area contributed by atoms with Crippen LogP contribution in [0.4, 0.5) is 5.69 Å². The average Bonchev–Trinajstić information content (AvgIpc) is 3.06. The van der Waals surface area contributed by atoms with E-state index in [0.717, 1.165) is 31.5 Å². The summed E-state index contributed by atoms with van der Waals surface area (Å²) < 4.78 is 0. The highest BCUT2D eigenvalue weighted by Crippen LogP contribution is 2.42. The standard InChI is InChI=1S/C22H23Cl3N4O.ClH/c1-14-20(22(30)27-28-11-3-2-4-12-28)26-29(19-10-9-17(24)13-18(19)25)21(14)15-5-7-16(23)8-6-15;/h5-10,13-14,21H,2-4,11-12H2,1H3,(H,27,30);1H. The van der Waals surface area contributed by atoms with E-state index in [1.54, 1.807) is 12.1 Å². The number of hydrogen-bond donors (Lipinski definition) is 1. The molecule has 5 nitrogen and oxygen atoms in total. The minimum absolute atomic E-state index is 0. The molecule has 0 aromatic heterocycles. The molecule has 0 bridgehead atoms. The first-order valence-electron chi connectivity index (χ1n) is 10.1. The van der Waals surface area contributed by atoms with Crippen molar-refractivity contribution < 1.29 is 4.79 Å². The largest absolute Gasteiger partial charge is 0.284 e. The molecule has 2 aromatic rings. The number of hydrazine groups is 1.